The molecule has 2 aliphatic rings. The van der Waals surface area contributed by atoms with Gasteiger partial charge in [0, 0.05) is 17.7 Å². The zero-order chi connectivity index (χ0) is 19.7. The van der Waals surface area contributed by atoms with Gasteiger partial charge in [-0.2, -0.15) is 0 Å². The molecule has 0 bridgehead atoms. The van der Waals surface area contributed by atoms with Gasteiger partial charge in [-0.1, -0.05) is 18.2 Å². The van der Waals surface area contributed by atoms with E-state index in [1.807, 2.05) is 24.3 Å². The number of allylic oxidation sites excluding steroid dienone is 1. The van der Waals surface area contributed by atoms with Crippen LogP contribution >= 0.6 is 0 Å². The number of ketones is 1. The third kappa shape index (κ3) is 3.27. The van der Waals surface area contributed by atoms with E-state index in [0.29, 0.717) is 41.4 Å². The molecule has 0 radical (unpaired) electrons. The number of hydrogen-bond acceptors (Lipinski definition) is 6. The van der Waals surface area contributed by atoms with Crippen molar-refractivity contribution in [2.45, 2.75) is 25.9 Å². The van der Waals surface area contributed by atoms with Crippen molar-refractivity contribution in [2.24, 2.45) is 0 Å². The van der Waals surface area contributed by atoms with Gasteiger partial charge in [-0.05, 0) is 44.0 Å². The molecule has 0 spiro atoms. The molecule has 6 nitrogen and oxygen atoms in total. The largest absolute Gasteiger partial charge is 0.496 e. The van der Waals surface area contributed by atoms with Crippen LogP contribution in [0.25, 0.3) is 6.08 Å². The van der Waals surface area contributed by atoms with Gasteiger partial charge in [-0.25, -0.2) is 4.79 Å². The molecule has 4 rings (SSSR count). The van der Waals surface area contributed by atoms with E-state index in [4.69, 9.17) is 18.9 Å². The summed E-state index contributed by atoms with van der Waals surface area (Å²) in [6, 6.07) is 10.6. The molecule has 0 aromatic heterocycles. The minimum atomic E-state index is -0.531. The normalized spacial score (nSPS) is 19.4. The summed E-state index contributed by atoms with van der Waals surface area (Å²) in [6.45, 7) is 2.33. The molecule has 6 heteroatoms. The number of hydrogen-bond donors (Lipinski definition) is 0. The molecule has 2 aliphatic heterocycles. The van der Waals surface area contributed by atoms with Gasteiger partial charge >= 0.3 is 5.97 Å². The van der Waals surface area contributed by atoms with Crippen LogP contribution in [0.15, 0.2) is 42.2 Å². The molecule has 0 N–H and O–H groups in total. The molecule has 144 valence electrons. The highest BCUT2D eigenvalue weighted by Crippen LogP contribution is 2.40. The molecule has 0 amide bonds. The molecule has 28 heavy (non-hydrogen) atoms. The summed E-state index contributed by atoms with van der Waals surface area (Å²) < 4.78 is 22.0. The van der Waals surface area contributed by atoms with E-state index < -0.39 is 12.1 Å². The third-order valence-electron chi connectivity index (χ3n) is 4.87. The lowest BCUT2D eigenvalue weighted by atomic mass is 10.1. The van der Waals surface area contributed by atoms with Crippen LogP contribution in [0.1, 0.15) is 34.3 Å². The zero-order valence-corrected chi connectivity index (χ0v) is 15.7. The number of methoxy groups -OCH3 is 1. The number of benzene rings is 2. The fraction of sp³-hybridized carbons (Fsp3) is 0.273. The molecular formula is C22H20O6. The average Bonchev–Trinajstić information content (AvgIpc) is 3.34. The van der Waals surface area contributed by atoms with Gasteiger partial charge in [0.25, 0.3) is 0 Å². The number of rotatable bonds is 4. The van der Waals surface area contributed by atoms with Crippen LogP contribution in [0.5, 0.6) is 17.2 Å². The molecule has 0 saturated carbocycles. The highest BCUT2D eigenvalue weighted by molar-refractivity contribution is 6.15. The fourth-order valence-electron chi connectivity index (χ4n) is 3.34. The topological polar surface area (TPSA) is 71.1 Å². The summed E-state index contributed by atoms with van der Waals surface area (Å²) in [5.41, 5.74) is 1.78. The van der Waals surface area contributed by atoms with Gasteiger partial charge in [0.1, 0.15) is 17.2 Å². The first kappa shape index (κ1) is 18.3. The SMILES string of the molecule is COc1ccccc1/C=C1\Oc2c(ccc(OC(=O)C3CCCO3)c2C)C1=O. The van der Waals surface area contributed by atoms with Crippen LogP contribution in [-0.4, -0.2) is 31.6 Å². The van der Waals surface area contributed by atoms with E-state index in [1.54, 1.807) is 32.2 Å². The van der Waals surface area contributed by atoms with Crippen molar-refractivity contribution in [3.05, 3.63) is 58.8 Å². The second kappa shape index (κ2) is 7.48. The molecule has 2 heterocycles. The predicted octanol–water partition coefficient (Wildman–Crippen LogP) is 3.70. The number of esters is 1. The van der Waals surface area contributed by atoms with Crippen molar-refractivity contribution >= 4 is 17.8 Å². The highest BCUT2D eigenvalue weighted by atomic mass is 16.6. The van der Waals surface area contributed by atoms with Gasteiger partial charge in [0.15, 0.2) is 11.9 Å². The molecular weight excluding hydrogens is 360 g/mol. The lowest BCUT2D eigenvalue weighted by Gasteiger charge is -2.12. The van der Waals surface area contributed by atoms with Gasteiger partial charge in [0.05, 0.1) is 12.7 Å². The Balaban J connectivity index is 1.61. The van der Waals surface area contributed by atoms with Gasteiger partial charge in [-0.15, -0.1) is 0 Å². The van der Waals surface area contributed by atoms with Crippen molar-refractivity contribution in [1.82, 2.24) is 0 Å². The van der Waals surface area contributed by atoms with Crippen molar-refractivity contribution in [1.29, 1.82) is 0 Å². The van der Waals surface area contributed by atoms with E-state index >= 15 is 0 Å². The second-order valence-electron chi connectivity index (χ2n) is 6.67. The Kier molecular flexibility index (Phi) is 4.88. The first-order valence-corrected chi connectivity index (χ1v) is 9.12. The number of fused-ring (bicyclic) bond motifs is 1. The summed E-state index contributed by atoms with van der Waals surface area (Å²) in [4.78, 5) is 25.0. The molecule has 0 aliphatic carbocycles. The quantitative estimate of drug-likeness (QED) is 0.458. The van der Waals surface area contributed by atoms with Crippen LogP contribution in [0.4, 0.5) is 0 Å². The Morgan fingerprint density at radius 1 is 1.18 bits per heavy atom. The molecule has 2 aromatic rings. The van der Waals surface area contributed by atoms with E-state index in [9.17, 15) is 9.59 Å². The van der Waals surface area contributed by atoms with Crippen LogP contribution < -0.4 is 14.2 Å². The number of Topliss-reactive ketones (excluding diaryl/α,β-unsaturated/α-hetero) is 1. The molecule has 1 unspecified atom stereocenters. The lowest BCUT2D eigenvalue weighted by molar-refractivity contribution is -0.144. The zero-order valence-electron chi connectivity index (χ0n) is 15.7. The monoisotopic (exact) mass is 380 g/mol. The molecule has 2 aromatic carbocycles. The summed E-state index contributed by atoms with van der Waals surface area (Å²) in [5, 5.41) is 0. The second-order valence-corrected chi connectivity index (χ2v) is 6.67. The average molecular weight is 380 g/mol. The van der Waals surface area contributed by atoms with Crippen molar-refractivity contribution < 1.29 is 28.5 Å². The molecule has 1 fully saturated rings. The van der Waals surface area contributed by atoms with E-state index in [0.717, 1.165) is 12.0 Å². The molecule has 1 atom stereocenters. The van der Waals surface area contributed by atoms with Crippen molar-refractivity contribution in [3.8, 4) is 17.2 Å². The number of para-hydroxylation sites is 1. The summed E-state index contributed by atoms with van der Waals surface area (Å²) in [6.07, 6.45) is 2.62. The maximum absolute atomic E-state index is 12.7. The summed E-state index contributed by atoms with van der Waals surface area (Å²) in [7, 11) is 1.57. The minimum absolute atomic E-state index is 0.199. The number of carbonyl (C=O) groups is 2. The highest BCUT2D eigenvalue weighted by Gasteiger charge is 2.32. The standard InChI is InChI=1S/C22H20O6/c1-13-16(28-22(24)18-8-5-11-26-18)10-9-15-20(23)19(27-21(13)15)12-14-6-3-4-7-17(14)25-2/h3-4,6-7,9-10,12,18H,5,8,11H2,1-2H3/b19-12-. The van der Waals surface area contributed by atoms with Crippen molar-refractivity contribution in [3.63, 3.8) is 0 Å². The summed E-state index contributed by atoms with van der Waals surface area (Å²) >= 11 is 0. The van der Waals surface area contributed by atoms with Crippen LogP contribution in [-0.2, 0) is 9.53 Å². The summed E-state index contributed by atoms with van der Waals surface area (Å²) in [5.74, 6) is 0.973. The van der Waals surface area contributed by atoms with E-state index in [-0.39, 0.29) is 11.5 Å². The Bertz CT molecular complexity index is 969. The van der Waals surface area contributed by atoms with E-state index in [2.05, 4.69) is 0 Å². The van der Waals surface area contributed by atoms with Crippen LogP contribution in [0, 0.1) is 6.92 Å². The smallest absolute Gasteiger partial charge is 0.340 e. The first-order chi connectivity index (χ1) is 13.6. The number of carbonyl (C=O) groups excluding carboxylic acids is 2. The predicted molar refractivity (Wildman–Crippen MR) is 102 cm³/mol. The Labute approximate surface area is 162 Å². The van der Waals surface area contributed by atoms with Gasteiger partial charge in [-0.3, -0.25) is 4.79 Å². The third-order valence-corrected chi connectivity index (χ3v) is 4.87. The van der Waals surface area contributed by atoms with Gasteiger partial charge < -0.3 is 18.9 Å². The fourth-order valence-corrected chi connectivity index (χ4v) is 3.34. The van der Waals surface area contributed by atoms with Crippen LogP contribution in [0.2, 0.25) is 0 Å². The maximum atomic E-state index is 12.7. The minimum Gasteiger partial charge on any atom is -0.496 e. The van der Waals surface area contributed by atoms with Gasteiger partial charge in [0.2, 0.25) is 5.78 Å². The lowest BCUT2D eigenvalue weighted by Crippen LogP contribution is -2.25. The first-order valence-electron chi connectivity index (χ1n) is 9.12. The Morgan fingerprint density at radius 3 is 2.75 bits per heavy atom. The van der Waals surface area contributed by atoms with Crippen LogP contribution in [0.3, 0.4) is 0 Å². The number of ether oxygens (including phenoxy) is 4. The Morgan fingerprint density at radius 2 is 2.00 bits per heavy atom. The maximum Gasteiger partial charge on any atom is 0.340 e. The van der Waals surface area contributed by atoms with E-state index in [1.165, 1.54) is 0 Å². The van der Waals surface area contributed by atoms with Crippen molar-refractivity contribution in [2.75, 3.05) is 13.7 Å². The molecule has 1 saturated heterocycles. The Hall–Kier alpha value is -3.12.